The van der Waals surface area contributed by atoms with Gasteiger partial charge in [0, 0.05) is 67.8 Å². The second-order valence-corrected chi connectivity index (χ2v) is 8.62. The molecule has 1 rings (SSSR count). The highest BCUT2D eigenvalue weighted by atomic mass is 16.3. The maximum atomic E-state index is 13.4. The number of rotatable bonds is 11. The molecular weight excluding hydrogens is 440 g/mol. The Morgan fingerprint density at radius 2 is 2.11 bits per heavy atom. The Kier molecular flexibility index (Phi) is 13.4. The van der Waals surface area contributed by atoms with Gasteiger partial charge in [-0.15, -0.1) is 0 Å². The first-order chi connectivity index (χ1) is 16.7. The number of hydrogen-bond acceptors (Lipinski definition) is 6. The molecule has 7 nitrogen and oxygen atoms in total. The molecule has 0 spiro atoms. The number of aliphatic imine (C=N–C) groups is 1. The summed E-state index contributed by atoms with van der Waals surface area (Å²) >= 11 is 0. The Balaban J connectivity index is 3.48. The van der Waals surface area contributed by atoms with Gasteiger partial charge in [0.15, 0.2) is 5.78 Å². The lowest BCUT2D eigenvalue weighted by atomic mass is 9.92. The van der Waals surface area contributed by atoms with E-state index >= 15 is 0 Å². The summed E-state index contributed by atoms with van der Waals surface area (Å²) < 4.78 is 0. The van der Waals surface area contributed by atoms with Gasteiger partial charge >= 0.3 is 0 Å². The van der Waals surface area contributed by atoms with Crippen molar-refractivity contribution in [3.8, 4) is 0 Å². The van der Waals surface area contributed by atoms with Gasteiger partial charge in [0.05, 0.1) is 11.8 Å². The number of ketones is 1. The zero-order valence-electron chi connectivity index (χ0n) is 21.9. The molecule has 3 atom stereocenters. The lowest BCUT2D eigenvalue weighted by molar-refractivity contribution is -0.137. The maximum Gasteiger partial charge on any atom is 0.226 e. The molecule has 3 N–H and O–H groups in total. The molecule has 0 aromatic heterocycles. The van der Waals surface area contributed by atoms with E-state index in [1.54, 1.807) is 32.5 Å². The smallest absolute Gasteiger partial charge is 0.226 e. The SMILES string of the molecule is C=C/C(=C\C=C/C)N/C1=C(\C(/C=C\N=CC)CC)NCCC(C(=O)N(C)CC(C)O)CC(=O)C1=C. The minimum absolute atomic E-state index is 0.0521. The fourth-order valence-electron chi connectivity index (χ4n) is 3.87. The molecule has 1 heterocycles. The Labute approximate surface area is 210 Å². The van der Waals surface area contributed by atoms with Gasteiger partial charge in [-0.05, 0) is 45.8 Å². The van der Waals surface area contributed by atoms with E-state index in [1.807, 2.05) is 38.2 Å². The molecule has 7 heteroatoms. The highest BCUT2D eigenvalue weighted by molar-refractivity contribution is 6.01. The van der Waals surface area contributed by atoms with E-state index in [-0.39, 0.29) is 30.6 Å². The normalized spacial score (nSPS) is 22.0. The monoisotopic (exact) mass is 482 g/mol. The molecule has 0 saturated heterocycles. The topological polar surface area (TPSA) is 94.0 Å². The van der Waals surface area contributed by atoms with Gasteiger partial charge in [0.2, 0.25) is 5.91 Å². The Morgan fingerprint density at radius 1 is 1.40 bits per heavy atom. The summed E-state index contributed by atoms with van der Waals surface area (Å²) in [5.74, 6) is -0.911. The number of nitrogens with one attached hydrogen (secondary N) is 2. The van der Waals surface area contributed by atoms with Crippen LogP contribution in [0, 0.1) is 11.8 Å². The fourth-order valence-corrected chi connectivity index (χ4v) is 3.87. The highest BCUT2D eigenvalue weighted by Crippen LogP contribution is 2.27. The Morgan fingerprint density at radius 3 is 2.69 bits per heavy atom. The molecule has 0 bridgehead atoms. The van der Waals surface area contributed by atoms with Crippen LogP contribution in [0.2, 0.25) is 0 Å². The van der Waals surface area contributed by atoms with E-state index in [0.717, 1.165) is 17.8 Å². The summed E-state index contributed by atoms with van der Waals surface area (Å²) in [5.41, 5.74) is 2.45. The van der Waals surface area contributed by atoms with E-state index in [4.69, 9.17) is 0 Å². The standard InChI is InChI=1S/C28H42N4O3/c1-8-12-13-24(10-3)31-26-21(6)25(34)18-23(28(35)32(7)19-20(5)33)15-17-30-27(26)22(9-2)14-16-29-11-4/h8,10-14,16,20,22-23,30-31,33H,3,6,9,15,17-19H2,1-2,4-5,7H3/b12-8-,16-14-,24-13+,27-26+,29-11?. The lowest BCUT2D eigenvalue weighted by Crippen LogP contribution is -2.39. The molecule has 1 aliphatic heterocycles. The Hall–Kier alpha value is -3.19. The molecule has 3 unspecified atom stereocenters. The van der Waals surface area contributed by atoms with E-state index in [9.17, 15) is 14.7 Å². The predicted molar refractivity (Wildman–Crippen MR) is 145 cm³/mol. The molecule has 0 aliphatic carbocycles. The number of likely N-dealkylation sites (N-methyl/N-ethyl adjacent to an activating group) is 1. The van der Waals surface area contributed by atoms with Crippen molar-refractivity contribution in [2.24, 2.45) is 16.8 Å². The first kappa shape index (κ1) is 29.8. The summed E-state index contributed by atoms with van der Waals surface area (Å²) in [6.07, 6.45) is 13.5. The summed E-state index contributed by atoms with van der Waals surface area (Å²) in [6.45, 7) is 16.2. The van der Waals surface area contributed by atoms with Crippen LogP contribution in [0.15, 0.2) is 77.4 Å². The van der Waals surface area contributed by atoms with Gasteiger partial charge in [-0.2, -0.15) is 0 Å². The van der Waals surface area contributed by atoms with E-state index in [0.29, 0.717) is 24.2 Å². The van der Waals surface area contributed by atoms with Crippen molar-refractivity contribution in [3.63, 3.8) is 0 Å². The summed E-state index contributed by atoms with van der Waals surface area (Å²) in [7, 11) is 1.65. The molecule has 0 aromatic carbocycles. The van der Waals surface area contributed by atoms with Gasteiger partial charge in [-0.3, -0.25) is 14.6 Å². The number of amides is 1. The number of hydrogen-bond donors (Lipinski definition) is 3. The summed E-state index contributed by atoms with van der Waals surface area (Å²) in [6, 6.07) is 0. The van der Waals surface area contributed by atoms with E-state index in [1.165, 1.54) is 4.90 Å². The molecule has 192 valence electrons. The van der Waals surface area contributed by atoms with Gasteiger partial charge < -0.3 is 20.6 Å². The minimum atomic E-state index is -0.641. The second kappa shape index (κ2) is 15.7. The molecule has 1 aliphatic rings. The average molecular weight is 483 g/mol. The molecular formula is C28H42N4O3. The number of aliphatic hydroxyl groups excluding tert-OH is 1. The zero-order valence-corrected chi connectivity index (χ0v) is 21.9. The molecule has 0 radical (unpaired) electrons. The van der Waals surface area contributed by atoms with Crippen LogP contribution in [-0.4, -0.2) is 54.2 Å². The predicted octanol–water partition coefficient (Wildman–Crippen LogP) is 4.03. The summed E-state index contributed by atoms with van der Waals surface area (Å²) in [5, 5.41) is 16.5. The third kappa shape index (κ3) is 9.53. The molecule has 1 amide bonds. The van der Waals surface area contributed by atoms with Crippen LogP contribution >= 0.6 is 0 Å². The van der Waals surface area contributed by atoms with Crippen molar-refractivity contribution in [3.05, 3.63) is 72.4 Å². The van der Waals surface area contributed by atoms with Crippen molar-refractivity contribution in [1.29, 1.82) is 0 Å². The largest absolute Gasteiger partial charge is 0.392 e. The van der Waals surface area contributed by atoms with Crippen LogP contribution in [0.1, 0.15) is 47.0 Å². The minimum Gasteiger partial charge on any atom is -0.392 e. The summed E-state index contributed by atoms with van der Waals surface area (Å²) in [4.78, 5) is 32.1. The highest BCUT2D eigenvalue weighted by Gasteiger charge is 2.30. The number of aliphatic hydroxyl groups is 1. The lowest BCUT2D eigenvalue weighted by Gasteiger charge is -2.24. The van der Waals surface area contributed by atoms with Crippen LogP contribution in [-0.2, 0) is 9.59 Å². The van der Waals surface area contributed by atoms with Gasteiger partial charge in [0.25, 0.3) is 0 Å². The number of Topliss-reactive ketones (excluding diaryl/α,β-unsaturated/α-hetero) is 1. The zero-order chi connectivity index (χ0) is 26.4. The van der Waals surface area contributed by atoms with Crippen molar-refractivity contribution < 1.29 is 14.7 Å². The van der Waals surface area contributed by atoms with Crippen molar-refractivity contribution in [2.45, 2.75) is 53.1 Å². The van der Waals surface area contributed by atoms with Gasteiger partial charge in [0.1, 0.15) is 0 Å². The van der Waals surface area contributed by atoms with E-state index in [2.05, 4.69) is 35.7 Å². The van der Waals surface area contributed by atoms with Crippen molar-refractivity contribution in [2.75, 3.05) is 20.1 Å². The van der Waals surface area contributed by atoms with Crippen molar-refractivity contribution >= 4 is 17.9 Å². The third-order valence-electron chi connectivity index (χ3n) is 5.73. The second-order valence-electron chi connectivity index (χ2n) is 8.62. The third-order valence-corrected chi connectivity index (χ3v) is 5.73. The van der Waals surface area contributed by atoms with Crippen molar-refractivity contribution in [1.82, 2.24) is 15.5 Å². The molecule has 0 fully saturated rings. The van der Waals surface area contributed by atoms with Crippen LogP contribution in [0.3, 0.4) is 0 Å². The Bertz CT molecular complexity index is 909. The van der Waals surface area contributed by atoms with Crippen LogP contribution in [0.4, 0.5) is 0 Å². The number of allylic oxidation sites excluding steroid dienone is 6. The van der Waals surface area contributed by atoms with Crippen LogP contribution in [0.25, 0.3) is 0 Å². The van der Waals surface area contributed by atoms with Gasteiger partial charge in [-0.1, -0.05) is 38.3 Å². The van der Waals surface area contributed by atoms with Crippen LogP contribution < -0.4 is 10.6 Å². The molecule has 0 saturated carbocycles. The first-order valence-corrected chi connectivity index (χ1v) is 12.2. The quantitative estimate of drug-likeness (QED) is 0.235. The number of carbonyl (C=O) groups is 2. The molecule has 0 aromatic rings. The van der Waals surface area contributed by atoms with E-state index < -0.39 is 12.0 Å². The number of carbonyl (C=O) groups excluding carboxylic acids is 2. The van der Waals surface area contributed by atoms with Crippen LogP contribution in [0.5, 0.6) is 0 Å². The first-order valence-electron chi connectivity index (χ1n) is 12.2. The number of nitrogens with zero attached hydrogens (tertiary/aromatic N) is 2. The molecule has 35 heavy (non-hydrogen) atoms. The average Bonchev–Trinajstić information content (AvgIpc) is 2.88. The fraction of sp³-hybridized carbons (Fsp3) is 0.464. The van der Waals surface area contributed by atoms with Gasteiger partial charge in [-0.25, -0.2) is 0 Å². The maximum absolute atomic E-state index is 13.4.